The minimum atomic E-state index is -0.320. The van der Waals surface area contributed by atoms with Crippen LogP contribution in [0.4, 0.5) is 0 Å². The summed E-state index contributed by atoms with van der Waals surface area (Å²) in [6, 6.07) is 1.34. The Labute approximate surface area is 104 Å². The molecule has 0 fully saturated rings. The molecular weight excluding hydrogens is 232 g/mol. The Morgan fingerprint density at radius 2 is 2.33 bits per heavy atom. The molecule has 2 heterocycles. The first kappa shape index (κ1) is 12.1. The number of nitrogens with zero attached hydrogens (tertiary/aromatic N) is 3. The average molecular weight is 246 g/mol. The zero-order valence-corrected chi connectivity index (χ0v) is 10.3. The smallest absolute Gasteiger partial charge is 0.259 e. The van der Waals surface area contributed by atoms with E-state index < -0.39 is 0 Å². The van der Waals surface area contributed by atoms with Crippen LogP contribution in [0.5, 0.6) is 0 Å². The second kappa shape index (κ2) is 4.87. The van der Waals surface area contributed by atoms with E-state index >= 15 is 0 Å². The summed E-state index contributed by atoms with van der Waals surface area (Å²) >= 11 is 0. The van der Waals surface area contributed by atoms with E-state index in [1.54, 1.807) is 13.2 Å². The average Bonchev–Trinajstić information content (AvgIpc) is 2.75. The normalized spacial score (nSPS) is 10.3. The van der Waals surface area contributed by atoms with Crippen molar-refractivity contribution in [3.8, 4) is 0 Å². The molecule has 18 heavy (non-hydrogen) atoms. The summed E-state index contributed by atoms with van der Waals surface area (Å²) in [6.45, 7) is 0.358. The molecule has 6 heteroatoms. The highest BCUT2D eigenvalue weighted by Crippen LogP contribution is 2.03. The molecule has 0 saturated carbocycles. The third-order valence-corrected chi connectivity index (χ3v) is 2.70. The molecule has 0 aliphatic carbocycles. The molecule has 2 aromatic heterocycles. The van der Waals surface area contributed by atoms with Gasteiger partial charge in [-0.3, -0.25) is 9.59 Å². The molecule has 1 amide bonds. The number of carbonyl (C=O) groups excluding carboxylic acids is 1. The van der Waals surface area contributed by atoms with Crippen LogP contribution < -0.4 is 5.43 Å². The molecular formula is C12H14N4O2. The van der Waals surface area contributed by atoms with Crippen molar-refractivity contribution in [3.05, 3.63) is 52.5 Å². The summed E-state index contributed by atoms with van der Waals surface area (Å²) in [5.41, 5.74) is -0.153. The number of imidazole rings is 1. The Hall–Kier alpha value is -2.37. The van der Waals surface area contributed by atoms with E-state index in [0.717, 1.165) is 5.82 Å². The van der Waals surface area contributed by atoms with Crippen LogP contribution in [-0.4, -0.2) is 32.4 Å². The van der Waals surface area contributed by atoms with Crippen LogP contribution in [0.15, 0.2) is 35.6 Å². The predicted molar refractivity (Wildman–Crippen MR) is 66.1 cm³/mol. The number of nitrogens with one attached hydrogen (secondary N) is 1. The van der Waals surface area contributed by atoms with E-state index in [4.69, 9.17) is 0 Å². The monoisotopic (exact) mass is 246 g/mol. The number of rotatable bonds is 3. The van der Waals surface area contributed by atoms with E-state index in [1.165, 1.54) is 23.4 Å². The lowest BCUT2D eigenvalue weighted by Crippen LogP contribution is -2.31. The number of aromatic nitrogens is 3. The highest BCUT2D eigenvalue weighted by atomic mass is 16.2. The van der Waals surface area contributed by atoms with Gasteiger partial charge in [-0.05, 0) is 0 Å². The molecule has 94 valence electrons. The van der Waals surface area contributed by atoms with Crippen molar-refractivity contribution in [1.29, 1.82) is 0 Å². The number of pyridine rings is 1. The van der Waals surface area contributed by atoms with Crippen LogP contribution in [0, 0.1) is 0 Å². The molecule has 0 atom stereocenters. The van der Waals surface area contributed by atoms with Gasteiger partial charge in [0.1, 0.15) is 11.4 Å². The lowest BCUT2D eigenvalue weighted by Gasteiger charge is -2.16. The summed E-state index contributed by atoms with van der Waals surface area (Å²) in [7, 11) is 3.50. The standard InChI is InChI=1S/C12H14N4O2/c1-15-6-5-14-11(15)8-16(2)12(18)9-7-13-4-3-10(9)17/h3-7H,8H2,1-2H3,(H,13,17). The number of hydrogen-bond donors (Lipinski definition) is 1. The predicted octanol–water partition coefficient (Wildman–Crippen LogP) is 0.381. The molecule has 1 N–H and O–H groups in total. The number of carbonyl (C=O) groups is 1. The van der Waals surface area contributed by atoms with Crippen molar-refractivity contribution >= 4 is 5.91 Å². The minimum absolute atomic E-state index is 0.134. The maximum atomic E-state index is 12.1. The van der Waals surface area contributed by atoms with E-state index in [1.807, 2.05) is 17.8 Å². The van der Waals surface area contributed by atoms with E-state index in [0.29, 0.717) is 6.54 Å². The van der Waals surface area contributed by atoms with Crippen molar-refractivity contribution in [3.63, 3.8) is 0 Å². The number of amides is 1. The summed E-state index contributed by atoms with van der Waals surface area (Å²) in [6.07, 6.45) is 6.39. The van der Waals surface area contributed by atoms with Crippen molar-refractivity contribution < 1.29 is 4.79 Å². The quantitative estimate of drug-likeness (QED) is 0.851. The summed E-state index contributed by atoms with van der Waals surface area (Å²) in [5, 5.41) is 0. The maximum absolute atomic E-state index is 12.1. The Kier molecular flexibility index (Phi) is 3.27. The van der Waals surface area contributed by atoms with Crippen LogP contribution in [0.1, 0.15) is 16.2 Å². The van der Waals surface area contributed by atoms with Gasteiger partial charge in [0.2, 0.25) is 0 Å². The second-order valence-corrected chi connectivity index (χ2v) is 4.04. The third-order valence-electron chi connectivity index (χ3n) is 2.70. The van der Waals surface area contributed by atoms with Crippen LogP contribution in [-0.2, 0) is 13.6 Å². The van der Waals surface area contributed by atoms with Crippen LogP contribution >= 0.6 is 0 Å². The van der Waals surface area contributed by atoms with Crippen molar-refractivity contribution in [1.82, 2.24) is 19.4 Å². The van der Waals surface area contributed by atoms with Gasteiger partial charge < -0.3 is 14.5 Å². The summed E-state index contributed by atoms with van der Waals surface area (Å²) < 4.78 is 1.83. The largest absolute Gasteiger partial charge is 0.367 e. The first-order valence-electron chi connectivity index (χ1n) is 5.48. The number of aryl methyl sites for hydroxylation is 1. The topological polar surface area (TPSA) is 71.0 Å². The fourth-order valence-electron chi connectivity index (χ4n) is 1.62. The van der Waals surface area contributed by atoms with Crippen molar-refractivity contribution in [2.75, 3.05) is 7.05 Å². The van der Waals surface area contributed by atoms with Crippen LogP contribution in [0.2, 0.25) is 0 Å². The first-order valence-corrected chi connectivity index (χ1v) is 5.48. The van der Waals surface area contributed by atoms with Gasteiger partial charge in [-0.2, -0.15) is 0 Å². The lowest BCUT2D eigenvalue weighted by atomic mass is 10.2. The molecule has 6 nitrogen and oxygen atoms in total. The molecule has 2 aromatic rings. The molecule has 0 aliphatic heterocycles. The van der Waals surface area contributed by atoms with Crippen LogP contribution in [0.3, 0.4) is 0 Å². The highest BCUT2D eigenvalue weighted by Gasteiger charge is 2.16. The van der Waals surface area contributed by atoms with Gasteiger partial charge in [0.05, 0.1) is 6.54 Å². The lowest BCUT2D eigenvalue weighted by molar-refractivity contribution is 0.0779. The molecule has 0 unspecified atom stereocenters. The maximum Gasteiger partial charge on any atom is 0.259 e. The van der Waals surface area contributed by atoms with Gasteiger partial charge in [-0.1, -0.05) is 0 Å². The number of aromatic amines is 1. The van der Waals surface area contributed by atoms with E-state index in [9.17, 15) is 9.59 Å². The number of H-pyrrole nitrogens is 1. The highest BCUT2D eigenvalue weighted by molar-refractivity contribution is 5.93. The van der Waals surface area contributed by atoms with Crippen LogP contribution in [0.25, 0.3) is 0 Å². The summed E-state index contributed by atoms with van der Waals surface area (Å²) in [5.74, 6) is 0.443. The van der Waals surface area contributed by atoms with Crippen molar-refractivity contribution in [2.24, 2.45) is 7.05 Å². The minimum Gasteiger partial charge on any atom is -0.367 e. The SMILES string of the molecule is CN(Cc1nccn1C)C(=O)c1c[nH]ccc1=O. The molecule has 0 bridgehead atoms. The third kappa shape index (κ3) is 2.32. The van der Waals surface area contributed by atoms with Gasteiger partial charge in [-0.15, -0.1) is 0 Å². The van der Waals surface area contributed by atoms with Gasteiger partial charge >= 0.3 is 0 Å². The Morgan fingerprint density at radius 1 is 1.56 bits per heavy atom. The first-order chi connectivity index (χ1) is 8.59. The van der Waals surface area contributed by atoms with E-state index in [-0.39, 0.29) is 16.9 Å². The molecule has 0 aromatic carbocycles. The molecule has 0 aliphatic rings. The van der Waals surface area contributed by atoms with Gasteiger partial charge in [-0.25, -0.2) is 4.98 Å². The second-order valence-electron chi connectivity index (χ2n) is 4.04. The Morgan fingerprint density at radius 3 is 2.94 bits per heavy atom. The van der Waals surface area contributed by atoms with Gasteiger partial charge in [0.25, 0.3) is 5.91 Å². The van der Waals surface area contributed by atoms with Gasteiger partial charge in [0.15, 0.2) is 5.43 Å². The molecule has 0 saturated heterocycles. The fraction of sp³-hybridized carbons (Fsp3) is 0.250. The van der Waals surface area contributed by atoms with Gasteiger partial charge in [0, 0.05) is 44.9 Å². The molecule has 2 rings (SSSR count). The zero-order chi connectivity index (χ0) is 13.1. The zero-order valence-electron chi connectivity index (χ0n) is 10.3. The molecule has 0 spiro atoms. The Balaban J connectivity index is 2.18. The van der Waals surface area contributed by atoms with E-state index in [2.05, 4.69) is 9.97 Å². The van der Waals surface area contributed by atoms with Crippen molar-refractivity contribution in [2.45, 2.75) is 6.54 Å². The Bertz CT molecular complexity index is 614. The molecule has 0 radical (unpaired) electrons. The summed E-state index contributed by atoms with van der Waals surface area (Å²) in [4.78, 5) is 32.0. The fourth-order valence-corrected chi connectivity index (χ4v) is 1.62. The number of hydrogen-bond acceptors (Lipinski definition) is 3.